The quantitative estimate of drug-likeness (QED) is 0.610. The lowest BCUT2D eigenvalue weighted by Crippen LogP contribution is -2.47. The number of nitriles is 1. The van der Waals surface area contributed by atoms with Gasteiger partial charge in [0.25, 0.3) is 5.69 Å². The standard InChI is InChI=1S/C16H19N5O3/c17-8-11-7-13(21(23)24)3-4-14(11)20-6-5-12(9-20)19-16(22)15(18)10-1-2-10/h3-4,7,10,12,15H,1-2,5-6,9,18H2,(H,19,22)/t12-,15-/m0/s1. The molecule has 1 aromatic rings. The van der Waals surface area contributed by atoms with Crippen LogP contribution in [0.4, 0.5) is 11.4 Å². The maximum Gasteiger partial charge on any atom is 0.270 e. The first-order valence-electron chi connectivity index (χ1n) is 7.99. The molecule has 1 heterocycles. The second-order valence-electron chi connectivity index (χ2n) is 6.37. The molecule has 1 saturated carbocycles. The van der Waals surface area contributed by atoms with Crippen molar-refractivity contribution in [3.05, 3.63) is 33.9 Å². The zero-order valence-electron chi connectivity index (χ0n) is 13.1. The average molecular weight is 329 g/mol. The van der Waals surface area contributed by atoms with Gasteiger partial charge in [0.05, 0.1) is 22.2 Å². The highest BCUT2D eigenvalue weighted by atomic mass is 16.6. The van der Waals surface area contributed by atoms with Crippen LogP contribution in [-0.4, -0.2) is 36.0 Å². The van der Waals surface area contributed by atoms with E-state index in [4.69, 9.17) is 5.73 Å². The lowest BCUT2D eigenvalue weighted by molar-refractivity contribution is -0.384. The fraction of sp³-hybridized carbons (Fsp3) is 0.500. The smallest absolute Gasteiger partial charge is 0.270 e. The summed E-state index contributed by atoms with van der Waals surface area (Å²) in [5.74, 6) is 0.191. The summed E-state index contributed by atoms with van der Waals surface area (Å²) in [6.07, 6.45) is 2.78. The van der Waals surface area contributed by atoms with Crippen LogP contribution in [0.25, 0.3) is 0 Å². The Morgan fingerprint density at radius 2 is 2.21 bits per heavy atom. The molecule has 2 atom stereocenters. The lowest BCUT2D eigenvalue weighted by atomic mass is 10.1. The number of nitrogens with zero attached hydrogens (tertiary/aromatic N) is 3. The van der Waals surface area contributed by atoms with Crippen LogP contribution in [0.1, 0.15) is 24.8 Å². The Labute approximate surface area is 139 Å². The number of nitro groups is 1. The van der Waals surface area contributed by atoms with E-state index in [1.54, 1.807) is 6.07 Å². The zero-order chi connectivity index (χ0) is 17.3. The number of hydrogen-bond acceptors (Lipinski definition) is 6. The molecule has 1 aliphatic heterocycles. The number of benzene rings is 1. The molecule has 24 heavy (non-hydrogen) atoms. The maximum absolute atomic E-state index is 12.1. The molecule has 8 nitrogen and oxygen atoms in total. The van der Waals surface area contributed by atoms with Crippen molar-refractivity contribution in [1.29, 1.82) is 5.26 Å². The monoisotopic (exact) mass is 329 g/mol. The summed E-state index contributed by atoms with van der Waals surface area (Å²) in [7, 11) is 0. The molecule has 126 valence electrons. The first kappa shape index (κ1) is 16.2. The third-order valence-corrected chi connectivity index (χ3v) is 4.62. The van der Waals surface area contributed by atoms with Gasteiger partial charge in [0.1, 0.15) is 6.07 Å². The van der Waals surface area contributed by atoms with E-state index in [1.807, 2.05) is 11.0 Å². The second-order valence-corrected chi connectivity index (χ2v) is 6.37. The Balaban J connectivity index is 1.66. The summed E-state index contributed by atoms with van der Waals surface area (Å²) in [6.45, 7) is 1.24. The minimum absolute atomic E-state index is 0.0240. The van der Waals surface area contributed by atoms with Crippen LogP contribution >= 0.6 is 0 Å². The molecule has 0 bridgehead atoms. The molecule has 3 N–H and O–H groups in total. The van der Waals surface area contributed by atoms with Gasteiger partial charge < -0.3 is 16.0 Å². The summed E-state index contributed by atoms with van der Waals surface area (Å²) in [5.41, 5.74) is 6.73. The fourth-order valence-electron chi connectivity index (χ4n) is 3.07. The van der Waals surface area contributed by atoms with Crippen molar-refractivity contribution in [2.75, 3.05) is 18.0 Å². The van der Waals surface area contributed by atoms with Crippen LogP contribution in [0, 0.1) is 27.4 Å². The molecule has 2 aliphatic rings. The van der Waals surface area contributed by atoms with Crippen LogP contribution in [0.2, 0.25) is 0 Å². The van der Waals surface area contributed by atoms with Crippen molar-refractivity contribution < 1.29 is 9.72 Å². The Morgan fingerprint density at radius 3 is 2.83 bits per heavy atom. The summed E-state index contributed by atoms with van der Waals surface area (Å²) in [6, 6.07) is 5.82. The Hall–Kier alpha value is -2.66. The third kappa shape index (κ3) is 3.31. The van der Waals surface area contributed by atoms with E-state index in [9.17, 15) is 20.2 Å². The van der Waals surface area contributed by atoms with Gasteiger partial charge in [0.15, 0.2) is 0 Å². The van der Waals surface area contributed by atoms with Gasteiger partial charge in [-0.05, 0) is 31.2 Å². The molecule has 8 heteroatoms. The molecule has 0 aromatic heterocycles. The predicted octanol–water partition coefficient (Wildman–Crippen LogP) is 0.899. The molecule has 1 amide bonds. The molecular weight excluding hydrogens is 310 g/mol. The van der Waals surface area contributed by atoms with E-state index in [0.29, 0.717) is 24.7 Å². The van der Waals surface area contributed by atoms with Gasteiger partial charge in [-0.3, -0.25) is 14.9 Å². The van der Waals surface area contributed by atoms with Crippen molar-refractivity contribution in [2.45, 2.75) is 31.3 Å². The van der Waals surface area contributed by atoms with Crippen LogP contribution in [0.15, 0.2) is 18.2 Å². The van der Waals surface area contributed by atoms with Gasteiger partial charge in [-0.25, -0.2) is 0 Å². The van der Waals surface area contributed by atoms with Gasteiger partial charge in [-0.1, -0.05) is 0 Å². The first-order chi connectivity index (χ1) is 11.5. The zero-order valence-corrected chi connectivity index (χ0v) is 13.1. The highest BCUT2D eigenvalue weighted by Gasteiger charge is 2.35. The number of carbonyl (C=O) groups excluding carboxylic acids is 1. The number of nitrogens with one attached hydrogen (secondary N) is 1. The predicted molar refractivity (Wildman–Crippen MR) is 87.3 cm³/mol. The van der Waals surface area contributed by atoms with Crippen LogP contribution in [0.5, 0.6) is 0 Å². The number of rotatable bonds is 5. The molecule has 0 unspecified atom stereocenters. The molecule has 0 radical (unpaired) electrons. The average Bonchev–Trinajstić information content (AvgIpc) is 3.33. The highest BCUT2D eigenvalue weighted by molar-refractivity contribution is 5.82. The minimum atomic E-state index is -0.517. The fourth-order valence-corrected chi connectivity index (χ4v) is 3.07. The van der Waals surface area contributed by atoms with Gasteiger partial charge in [0, 0.05) is 31.3 Å². The van der Waals surface area contributed by atoms with Gasteiger partial charge in [0.2, 0.25) is 5.91 Å². The number of carbonyl (C=O) groups is 1. The molecule has 1 saturated heterocycles. The van der Waals surface area contributed by atoms with E-state index >= 15 is 0 Å². The molecule has 2 fully saturated rings. The van der Waals surface area contributed by atoms with Gasteiger partial charge in [-0.2, -0.15) is 5.26 Å². The van der Waals surface area contributed by atoms with Crippen LogP contribution in [-0.2, 0) is 4.79 Å². The number of non-ortho nitro benzene ring substituents is 1. The molecule has 3 rings (SSSR count). The SMILES string of the molecule is N#Cc1cc([N+](=O)[O-])ccc1N1CC[C@H](NC(=O)[C@@H](N)C2CC2)C1. The van der Waals surface area contributed by atoms with E-state index in [-0.39, 0.29) is 23.2 Å². The van der Waals surface area contributed by atoms with Gasteiger partial charge in [-0.15, -0.1) is 0 Å². The largest absolute Gasteiger partial charge is 0.368 e. The summed E-state index contributed by atoms with van der Waals surface area (Å²) in [5, 5.41) is 23.0. The first-order valence-corrected chi connectivity index (χ1v) is 7.99. The van der Waals surface area contributed by atoms with Crippen molar-refractivity contribution in [1.82, 2.24) is 5.32 Å². The Morgan fingerprint density at radius 1 is 1.46 bits per heavy atom. The molecular formula is C16H19N5O3. The van der Waals surface area contributed by atoms with Gasteiger partial charge >= 0.3 is 0 Å². The van der Waals surface area contributed by atoms with E-state index in [0.717, 1.165) is 19.3 Å². The Bertz CT molecular complexity index is 710. The maximum atomic E-state index is 12.1. The summed E-state index contributed by atoms with van der Waals surface area (Å²) < 4.78 is 0. The topological polar surface area (TPSA) is 125 Å². The normalized spacial score (nSPS) is 21.2. The number of hydrogen-bond donors (Lipinski definition) is 2. The van der Waals surface area contributed by atoms with E-state index in [2.05, 4.69) is 5.32 Å². The number of nitro benzene ring substituents is 1. The Kier molecular flexibility index (Phi) is 4.36. The molecule has 1 aliphatic carbocycles. The van der Waals surface area contributed by atoms with Crippen molar-refractivity contribution in [3.8, 4) is 6.07 Å². The van der Waals surface area contributed by atoms with E-state index in [1.165, 1.54) is 12.1 Å². The molecule has 0 spiro atoms. The van der Waals surface area contributed by atoms with Crippen molar-refractivity contribution in [3.63, 3.8) is 0 Å². The summed E-state index contributed by atoms with van der Waals surface area (Å²) in [4.78, 5) is 24.4. The minimum Gasteiger partial charge on any atom is -0.368 e. The third-order valence-electron chi connectivity index (χ3n) is 4.62. The lowest BCUT2D eigenvalue weighted by Gasteiger charge is -2.21. The number of amides is 1. The second kappa shape index (κ2) is 6.45. The van der Waals surface area contributed by atoms with Crippen molar-refractivity contribution in [2.24, 2.45) is 11.7 Å². The number of anilines is 1. The summed E-state index contributed by atoms with van der Waals surface area (Å²) >= 11 is 0. The van der Waals surface area contributed by atoms with Crippen molar-refractivity contribution >= 4 is 17.3 Å². The van der Waals surface area contributed by atoms with E-state index < -0.39 is 11.0 Å². The van der Waals surface area contributed by atoms with Crippen LogP contribution < -0.4 is 16.0 Å². The van der Waals surface area contributed by atoms with Crippen LogP contribution in [0.3, 0.4) is 0 Å². The molecule has 1 aromatic carbocycles. The number of nitrogens with two attached hydrogens (primary N) is 1. The highest BCUT2D eigenvalue weighted by Crippen LogP contribution is 2.32.